The fourth-order valence-electron chi connectivity index (χ4n) is 1.55. The average molecular weight is 246 g/mol. The van der Waals surface area contributed by atoms with E-state index < -0.39 is 0 Å². The number of carbonyl (C=O) groups excluding carboxylic acids is 1. The number of ketones is 1. The quantitative estimate of drug-likeness (QED) is 0.759. The topological polar surface area (TPSA) is 26.3 Å². The van der Waals surface area contributed by atoms with E-state index in [0.717, 1.165) is 5.75 Å². The van der Waals surface area contributed by atoms with E-state index in [-0.39, 0.29) is 11.9 Å². The second kappa shape index (κ2) is 5.15. The van der Waals surface area contributed by atoms with Gasteiger partial charge in [0.2, 0.25) is 0 Å². The van der Waals surface area contributed by atoms with Gasteiger partial charge in [-0.2, -0.15) is 0 Å². The lowest BCUT2D eigenvalue weighted by atomic mass is 10.1. The third kappa shape index (κ3) is 2.94. The summed E-state index contributed by atoms with van der Waals surface area (Å²) in [5.41, 5.74) is 0.709. The van der Waals surface area contributed by atoms with Crippen LogP contribution in [0.1, 0.15) is 35.2 Å². The second-order valence-electron chi connectivity index (χ2n) is 3.86. The van der Waals surface area contributed by atoms with Crippen molar-refractivity contribution in [1.82, 2.24) is 0 Å². The van der Waals surface area contributed by atoms with Gasteiger partial charge < -0.3 is 4.74 Å². The van der Waals surface area contributed by atoms with Crippen molar-refractivity contribution >= 4 is 17.1 Å². The zero-order valence-corrected chi connectivity index (χ0v) is 10.7. The predicted octanol–water partition coefficient (Wildman–Crippen LogP) is 4.09. The Morgan fingerprint density at radius 3 is 2.47 bits per heavy atom. The van der Waals surface area contributed by atoms with Gasteiger partial charge in [0.15, 0.2) is 5.78 Å². The van der Waals surface area contributed by atoms with E-state index >= 15 is 0 Å². The van der Waals surface area contributed by atoms with Crippen molar-refractivity contribution in [3.63, 3.8) is 0 Å². The van der Waals surface area contributed by atoms with Crippen LogP contribution >= 0.6 is 11.3 Å². The highest BCUT2D eigenvalue weighted by Crippen LogP contribution is 2.25. The molecular formula is C14H14O2S. The molecule has 2 rings (SSSR count). The Hall–Kier alpha value is -1.61. The monoisotopic (exact) mass is 246 g/mol. The van der Waals surface area contributed by atoms with Crippen molar-refractivity contribution < 1.29 is 9.53 Å². The zero-order valence-electron chi connectivity index (χ0n) is 9.84. The maximum Gasteiger partial charge on any atom is 0.159 e. The highest BCUT2D eigenvalue weighted by molar-refractivity contribution is 7.10. The van der Waals surface area contributed by atoms with Gasteiger partial charge in [-0.05, 0) is 49.6 Å². The van der Waals surface area contributed by atoms with E-state index in [4.69, 9.17) is 4.74 Å². The van der Waals surface area contributed by atoms with Gasteiger partial charge in [0.1, 0.15) is 11.9 Å². The van der Waals surface area contributed by atoms with Crippen molar-refractivity contribution in [3.8, 4) is 5.75 Å². The molecule has 2 aromatic rings. The molecule has 3 heteroatoms. The molecule has 0 fully saturated rings. The third-order valence-corrected chi connectivity index (χ3v) is 3.55. The predicted molar refractivity (Wildman–Crippen MR) is 69.8 cm³/mol. The minimum absolute atomic E-state index is 0.0400. The van der Waals surface area contributed by atoms with E-state index in [2.05, 4.69) is 6.07 Å². The molecule has 0 saturated carbocycles. The number of benzene rings is 1. The molecule has 17 heavy (non-hydrogen) atoms. The van der Waals surface area contributed by atoms with Crippen LogP contribution in [0.2, 0.25) is 0 Å². The molecule has 1 atom stereocenters. The number of ether oxygens (including phenoxy) is 1. The van der Waals surface area contributed by atoms with Gasteiger partial charge >= 0.3 is 0 Å². The minimum atomic E-state index is 0.0400. The molecule has 0 saturated heterocycles. The van der Waals surface area contributed by atoms with Gasteiger partial charge in [0, 0.05) is 10.4 Å². The number of hydrogen-bond donors (Lipinski definition) is 0. The lowest BCUT2D eigenvalue weighted by Crippen LogP contribution is -2.01. The smallest absolute Gasteiger partial charge is 0.159 e. The third-order valence-electron chi connectivity index (χ3n) is 2.52. The fourth-order valence-corrected chi connectivity index (χ4v) is 2.26. The molecule has 1 unspecified atom stereocenters. The SMILES string of the molecule is CC(=O)c1ccc(OC(C)c2cccs2)cc1. The Labute approximate surface area is 105 Å². The number of carbonyl (C=O) groups is 1. The van der Waals surface area contributed by atoms with Crippen LogP contribution in [0.3, 0.4) is 0 Å². The largest absolute Gasteiger partial charge is 0.485 e. The van der Waals surface area contributed by atoms with E-state index in [1.165, 1.54) is 4.88 Å². The van der Waals surface area contributed by atoms with Crippen molar-refractivity contribution in [1.29, 1.82) is 0 Å². The normalized spacial score (nSPS) is 12.1. The molecule has 1 aromatic heterocycles. The van der Waals surface area contributed by atoms with Crippen molar-refractivity contribution in [2.45, 2.75) is 20.0 Å². The fraction of sp³-hybridized carbons (Fsp3) is 0.214. The molecule has 0 radical (unpaired) electrons. The Morgan fingerprint density at radius 1 is 1.24 bits per heavy atom. The molecule has 0 aliphatic rings. The molecule has 0 aliphatic carbocycles. The Balaban J connectivity index is 2.06. The summed E-state index contributed by atoms with van der Waals surface area (Å²) in [6.07, 6.45) is 0.0400. The van der Waals surface area contributed by atoms with Crippen LogP contribution in [-0.4, -0.2) is 5.78 Å². The summed E-state index contributed by atoms with van der Waals surface area (Å²) in [5, 5.41) is 2.04. The highest BCUT2D eigenvalue weighted by Gasteiger charge is 2.08. The Kier molecular flexibility index (Phi) is 3.59. The van der Waals surface area contributed by atoms with Gasteiger partial charge in [-0.1, -0.05) is 6.07 Å². The summed E-state index contributed by atoms with van der Waals surface area (Å²) >= 11 is 1.68. The maximum atomic E-state index is 11.1. The van der Waals surface area contributed by atoms with Gasteiger partial charge in [-0.3, -0.25) is 4.79 Å². The molecular weight excluding hydrogens is 232 g/mol. The summed E-state index contributed by atoms with van der Waals surface area (Å²) in [4.78, 5) is 12.3. The molecule has 1 aromatic carbocycles. The van der Waals surface area contributed by atoms with Crippen molar-refractivity contribution in [3.05, 3.63) is 52.2 Å². The van der Waals surface area contributed by atoms with Crippen LogP contribution in [0.4, 0.5) is 0 Å². The number of thiophene rings is 1. The van der Waals surface area contributed by atoms with Crippen LogP contribution in [0.25, 0.3) is 0 Å². The van der Waals surface area contributed by atoms with Gasteiger partial charge in [-0.15, -0.1) is 11.3 Å². The Morgan fingerprint density at radius 2 is 1.94 bits per heavy atom. The summed E-state index contributed by atoms with van der Waals surface area (Å²) in [6, 6.07) is 11.3. The molecule has 2 nitrogen and oxygen atoms in total. The van der Waals surface area contributed by atoms with Gasteiger partial charge in [-0.25, -0.2) is 0 Å². The number of rotatable bonds is 4. The number of Topliss-reactive ketones (excluding diaryl/α,β-unsaturated/α-hetero) is 1. The first-order chi connectivity index (χ1) is 8.16. The Bertz CT molecular complexity index is 485. The maximum absolute atomic E-state index is 11.1. The van der Waals surface area contributed by atoms with Crippen molar-refractivity contribution in [2.24, 2.45) is 0 Å². The van der Waals surface area contributed by atoms with Gasteiger partial charge in [0.05, 0.1) is 0 Å². The lowest BCUT2D eigenvalue weighted by molar-refractivity contribution is 0.101. The summed E-state index contributed by atoms with van der Waals surface area (Å²) < 4.78 is 5.79. The van der Waals surface area contributed by atoms with E-state index in [1.807, 2.05) is 30.5 Å². The first-order valence-electron chi connectivity index (χ1n) is 5.48. The molecule has 0 bridgehead atoms. The van der Waals surface area contributed by atoms with Crippen LogP contribution in [0.5, 0.6) is 5.75 Å². The molecule has 0 amide bonds. The molecule has 88 valence electrons. The molecule has 0 N–H and O–H groups in total. The van der Waals surface area contributed by atoms with Crippen LogP contribution in [-0.2, 0) is 0 Å². The summed E-state index contributed by atoms with van der Waals surface area (Å²) in [5.74, 6) is 0.860. The highest BCUT2D eigenvalue weighted by atomic mass is 32.1. The average Bonchev–Trinajstić information content (AvgIpc) is 2.83. The minimum Gasteiger partial charge on any atom is -0.485 e. The van der Waals surface area contributed by atoms with Crippen LogP contribution < -0.4 is 4.74 Å². The van der Waals surface area contributed by atoms with Crippen LogP contribution in [0, 0.1) is 0 Å². The van der Waals surface area contributed by atoms with E-state index in [9.17, 15) is 4.79 Å². The molecule has 0 spiro atoms. The lowest BCUT2D eigenvalue weighted by Gasteiger charge is -2.13. The summed E-state index contributed by atoms with van der Waals surface area (Å²) in [6.45, 7) is 3.58. The molecule has 1 heterocycles. The number of hydrogen-bond acceptors (Lipinski definition) is 3. The first-order valence-corrected chi connectivity index (χ1v) is 6.36. The van der Waals surface area contributed by atoms with Gasteiger partial charge in [0.25, 0.3) is 0 Å². The molecule has 0 aliphatic heterocycles. The second-order valence-corrected chi connectivity index (χ2v) is 4.84. The first kappa shape index (κ1) is 11.9. The van der Waals surface area contributed by atoms with E-state index in [1.54, 1.807) is 30.4 Å². The standard InChI is InChI=1S/C14H14O2S/c1-10(15)12-5-7-13(8-6-12)16-11(2)14-4-3-9-17-14/h3-9,11H,1-2H3. The van der Waals surface area contributed by atoms with Crippen molar-refractivity contribution in [2.75, 3.05) is 0 Å². The van der Waals surface area contributed by atoms with Crippen LogP contribution in [0.15, 0.2) is 41.8 Å². The summed E-state index contributed by atoms with van der Waals surface area (Å²) in [7, 11) is 0. The zero-order chi connectivity index (χ0) is 12.3. The van der Waals surface area contributed by atoms with E-state index in [0.29, 0.717) is 5.56 Å².